The van der Waals surface area contributed by atoms with Crippen molar-refractivity contribution in [3.8, 4) is 16.9 Å². The van der Waals surface area contributed by atoms with Gasteiger partial charge in [0.25, 0.3) is 5.91 Å². The average molecular weight is 331 g/mol. The van der Waals surface area contributed by atoms with Crippen LogP contribution in [0.4, 0.5) is 0 Å². The van der Waals surface area contributed by atoms with Crippen LogP contribution in [0, 0.1) is 0 Å². The number of carbonyl (C=O) groups excluding carboxylic acids is 1. The van der Waals surface area contributed by atoms with E-state index in [1.54, 1.807) is 0 Å². The van der Waals surface area contributed by atoms with Crippen molar-refractivity contribution in [2.75, 3.05) is 13.2 Å². The predicted molar refractivity (Wildman–Crippen MR) is 101 cm³/mol. The van der Waals surface area contributed by atoms with E-state index in [9.17, 15) is 4.79 Å². The van der Waals surface area contributed by atoms with E-state index in [1.165, 1.54) is 5.56 Å². The number of amides is 1. The van der Waals surface area contributed by atoms with Gasteiger partial charge in [0, 0.05) is 6.54 Å². The molecule has 0 aromatic heterocycles. The van der Waals surface area contributed by atoms with Crippen LogP contribution in [0.1, 0.15) is 5.56 Å². The van der Waals surface area contributed by atoms with E-state index in [0.29, 0.717) is 12.3 Å². The number of carbonyl (C=O) groups is 1. The van der Waals surface area contributed by atoms with Crippen molar-refractivity contribution in [1.29, 1.82) is 0 Å². The largest absolute Gasteiger partial charge is 0.484 e. The zero-order chi connectivity index (χ0) is 17.3. The number of hydrogen-bond acceptors (Lipinski definition) is 2. The third kappa shape index (κ3) is 5.21. The summed E-state index contributed by atoms with van der Waals surface area (Å²) in [7, 11) is 0. The highest BCUT2D eigenvalue weighted by Gasteiger charge is 2.03. The molecule has 0 aliphatic rings. The molecule has 0 bridgehead atoms. The maximum Gasteiger partial charge on any atom is 0.257 e. The monoisotopic (exact) mass is 331 g/mol. The van der Waals surface area contributed by atoms with Crippen LogP contribution in [0.2, 0.25) is 0 Å². The molecule has 0 saturated heterocycles. The standard InChI is InChI=1S/C22H21NO2/c24-22(23-16-15-18-7-3-1-4-8-18)17-25-21-13-11-20(12-14-21)19-9-5-2-6-10-19/h1-14H,15-17H2,(H,23,24). The van der Waals surface area contributed by atoms with Gasteiger partial charge in [-0.3, -0.25) is 4.79 Å². The van der Waals surface area contributed by atoms with E-state index >= 15 is 0 Å². The first-order chi connectivity index (χ1) is 12.3. The molecule has 0 spiro atoms. The first-order valence-electron chi connectivity index (χ1n) is 8.40. The molecule has 3 nitrogen and oxygen atoms in total. The molecular weight excluding hydrogens is 310 g/mol. The highest BCUT2D eigenvalue weighted by Crippen LogP contribution is 2.21. The van der Waals surface area contributed by atoms with Gasteiger partial charge in [-0.05, 0) is 35.2 Å². The van der Waals surface area contributed by atoms with Gasteiger partial charge in [-0.2, -0.15) is 0 Å². The number of benzene rings is 3. The minimum Gasteiger partial charge on any atom is -0.484 e. The Balaban J connectivity index is 1.43. The Morgan fingerprint density at radius 1 is 0.760 bits per heavy atom. The van der Waals surface area contributed by atoms with Gasteiger partial charge in [0.2, 0.25) is 0 Å². The maximum atomic E-state index is 11.9. The summed E-state index contributed by atoms with van der Waals surface area (Å²) in [5.74, 6) is 0.584. The molecule has 0 saturated carbocycles. The van der Waals surface area contributed by atoms with Crippen molar-refractivity contribution in [3.63, 3.8) is 0 Å². The van der Waals surface area contributed by atoms with E-state index < -0.39 is 0 Å². The summed E-state index contributed by atoms with van der Waals surface area (Å²) < 4.78 is 5.55. The highest BCUT2D eigenvalue weighted by molar-refractivity contribution is 5.77. The van der Waals surface area contributed by atoms with Crippen LogP contribution >= 0.6 is 0 Å². The normalized spacial score (nSPS) is 10.2. The predicted octanol–water partition coefficient (Wildman–Crippen LogP) is 4.09. The molecule has 0 unspecified atom stereocenters. The van der Waals surface area contributed by atoms with Crippen LogP contribution in [0.5, 0.6) is 5.75 Å². The number of nitrogens with one attached hydrogen (secondary N) is 1. The van der Waals surface area contributed by atoms with Gasteiger partial charge in [-0.15, -0.1) is 0 Å². The Kier molecular flexibility index (Phi) is 5.83. The van der Waals surface area contributed by atoms with E-state index in [4.69, 9.17) is 4.74 Å². The molecule has 25 heavy (non-hydrogen) atoms. The smallest absolute Gasteiger partial charge is 0.257 e. The summed E-state index contributed by atoms with van der Waals surface area (Å²) in [5, 5.41) is 2.87. The molecule has 0 aliphatic carbocycles. The molecular formula is C22H21NO2. The van der Waals surface area contributed by atoms with Gasteiger partial charge >= 0.3 is 0 Å². The second-order valence-electron chi connectivity index (χ2n) is 5.76. The third-order valence-electron chi connectivity index (χ3n) is 3.91. The zero-order valence-corrected chi connectivity index (χ0v) is 14.0. The molecule has 1 amide bonds. The number of ether oxygens (including phenoxy) is 1. The molecule has 126 valence electrons. The average Bonchev–Trinajstić information content (AvgIpc) is 2.68. The Hall–Kier alpha value is -3.07. The van der Waals surface area contributed by atoms with Crippen LogP contribution in [-0.2, 0) is 11.2 Å². The van der Waals surface area contributed by atoms with Crippen molar-refractivity contribution in [2.45, 2.75) is 6.42 Å². The lowest BCUT2D eigenvalue weighted by molar-refractivity contribution is -0.123. The zero-order valence-electron chi connectivity index (χ0n) is 14.0. The fourth-order valence-electron chi connectivity index (χ4n) is 2.57. The lowest BCUT2D eigenvalue weighted by Gasteiger charge is -2.08. The molecule has 0 fully saturated rings. The molecule has 3 rings (SSSR count). The van der Waals surface area contributed by atoms with Crippen molar-refractivity contribution >= 4 is 5.91 Å². The van der Waals surface area contributed by atoms with Crippen LogP contribution in [0.15, 0.2) is 84.9 Å². The Morgan fingerprint density at radius 2 is 1.36 bits per heavy atom. The molecule has 3 aromatic rings. The Labute approximate surface area is 148 Å². The fourth-order valence-corrected chi connectivity index (χ4v) is 2.57. The molecule has 1 N–H and O–H groups in total. The summed E-state index contributed by atoms with van der Waals surface area (Å²) in [6, 6.07) is 28.0. The molecule has 3 heteroatoms. The topological polar surface area (TPSA) is 38.3 Å². The minimum absolute atomic E-state index is 0.0273. The summed E-state index contributed by atoms with van der Waals surface area (Å²) in [5.41, 5.74) is 3.49. The van der Waals surface area contributed by atoms with E-state index in [0.717, 1.165) is 17.5 Å². The second kappa shape index (κ2) is 8.69. The van der Waals surface area contributed by atoms with Crippen molar-refractivity contribution in [3.05, 3.63) is 90.5 Å². The Morgan fingerprint density at radius 3 is 2.04 bits per heavy atom. The first kappa shape index (κ1) is 16.8. The molecule has 0 aliphatic heterocycles. The van der Waals surface area contributed by atoms with Crippen LogP contribution in [0.25, 0.3) is 11.1 Å². The van der Waals surface area contributed by atoms with Gasteiger partial charge in [0.15, 0.2) is 6.61 Å². The first-order valence-corrected chi connectivity index (χ1v) is 8.40. The van der Waals surface area contributed by atoms with Crippen LogP contribution in [-0.4, -0.2) is 19.1 Å². The summed E-state index contributed by atoms with van der Waals surface area (Å²) >= 11 is 0. The van der Waals surface area contributed by atoms with Crippen LogP contribution < -0.4 is 10.1 Å². The molecule has 3 aromatic carbocycles. The summed E-state index contributed by atoms with van der Waals surface area (Å²) in [6.45, 7) is 0.638. The minimum atomic E-state index is -0.108. The number of rotatable bonds is 7. The van der Waals surface area contributed by atoms with Gasteiger partial charge in [-0.25, -0.2) is 0 Å². The third-order valence-corrected chi connectivity index (χ3v) is 3.91. The molecule has 0 atom stereocenters. The summed E-state index contributed by atoms with van der Waals surface area (Å²) in [6.07, 6.45) is 0.818. The van der Waals surface area contributed by atoms with E-state index in [-0.39, 0.29) is 12.5 Å². The van der Waals surface area contributed by atoms with Gasteiger partial charge in [0.05, 0.1) is 0 Å². The molecule has 0 radical (unpaired) electrons. The quantitative estimate of drug-likeness (QED) is 0.708. The van der Waals surface area contributed by atoms with Crippen molar-refractivity contribution < 1.29 is 9.53 Å². The van der Waals surface area contributed by atoms with E-state index in [1.807, 2.05) is 60.7 Å². The van der Waals surface area contributed by atoms with Gasteiger partial charge in [-0.1, -0.05) is 72.8 Å². The van der Waals surface area contributed by atoms with Crippen LogP contribution in [0.3, 0.4) is 0 Å². The van der Waals surface area contributed by atoms with Crippen molar-refractivity contribution in [1.82, 2.24) is 5.32 Å². The maximum absolute atomic E-state index is 11.9. The van der Waals surface area contributed by atoms with Gasteiger partial charge in [0.1, 0.15) is 5.75 Å². The molecule has 0 heterocycles. The lowest BCUT2D eigenvalue weighted by Crippen LogP contribution is -2.30. The second-order valence-corrected chi connectivity index (χ2v) is 5.76. The SMILES string of the molecule is O=C(COc1ccc(-c2ccccc2)cc1)NCCc1ccccc1. The Bertz CT molecular complexity index is 783. The highest BCUT2D eigenvalue weighted by atomic mass is 16.5. The fraction of sp³-hybridized carbons (Fsp3) is 0.136. The summed E-state index contributed by atoms with van der Waals surface area (Å²) in [4.78, 5) is 11.9. The van der Waals surface area contributed by atoms with Crippen molar-refractivity contribution in [2.24, 2.45) is 0 Å². The van der Waals surface area contributed by atoms with Gasteiger partial charge < -0.3 is 10.1 Å². The van der Waals surface area contributed by atoms with E-state index in [2.05, 4.69) is 29.6 Å². The number of hydrogen-bond donors (Lipinski definition) is 1. The lowest BCUT2D eigenvalue weighted by atomic mass is 10.1.